The van der Waals surface area contributed by atoms with Crippen LogP contribution in [0.15, 0.2) is 0 Å². The average Bonchev–Trinajstić information content (AvgIpc) is 2.01. The molecule has 0 spiro atoms. The van der Waals surface area contributed by atoms with Gasteiger partial charge in [0.05, 0.1) is 13.2 Å². The molecule has 0 aliphatic rings. The van der Waals surface area contributed by atoms with E-state index in [2.05, 4.69) is 0 Å². The van der Waals surface area contributed by atoms with Gasteiger partial charge in [-0.25, -0.2) is 0 Å². The number of aliphatic hydroxyl groups is 1. The number of hydrogen-bond donors (Lipinski definition) is 1. The van der Waals surface area contributed by atoms with E-state index in [0.717, 1.165) is 0 Å². The summed E-state index contributed by atoms with van der Waals surface area (Å²) in [5, 5.41) is 8.44. The molecule has 0 rings (SSSR count). The highest BCUT2D eigenvalue weighted by molar-refractivity contribution is 6.36. The van der Waals surface area contributed by atoms with Gasteiger partial charge in [-0.2, -0.15) is 0 Å². The minimum atomic E-state index is -1.91. The van der Waals surface area contributed by atoms with Crippen molar-refractivity contribution in [2.75, 3.05) is 26.4 Å². The molecular formula is C6H16O4Si. The summed E-state index contributed by atoms with van der Waals surface area (Å²) in [6.07, 6.45) is 0. The van der Waals surface area contributed by atoms with Gasteiger partial charge in [0.2, 0.25) is 0 Å². The molecule has 0 amide bonds. The first-order valence-corrected chi connectivity index (χ1v) is 5.22. The van der Waals surface area contributed by atoms with E-state index in [1.54, 1.807) is 0 Å². The van der Waals surface area contributed by atoms with Crippen molar-refractivity contribution < 1.29 is 18.4 Å². The Morgan fingerprint density at radius 3 is 2.00 bits per heavy atom. The van der Waals surface area contributed by atoms with E-state index in [1.807, 2.05) is 13.8 Å². The van der Waals surface area contributed by atoms with Crippen molar-refractivity contribution in [3.63, 3.8) is 0 Å². The molecule has 0 bridgehead atoms. The SMILES string of the molecule is CCO[SiH](OCC)OCCO. The zero-order chi connectivity index (χ0) is 8.53. The Hall–Kier alpha value is 0.0569. The van der Waals surface area contributed by atoms with Crippen molar-refractivity contribution in [1.29, 1.82) is 0 Å². The molecule has 0 aromatic rings. The molecule has 0 radical (unpaired) electrons. The Labute approximate surface area is 69.0 Å². The monoisotopic (exact) mass is 180 g/mol. The van der Waals surface area contributed by atoms with Crippen LogP contribution in [-0.2, 0) is 13.3 Å². The number of aliphatic hydroxyl groups excluding tert-OH is 1. The molecule has 0 fully saturated rings. The lowest BCUT2D eigenvalue weighted by Crippen LogP contribution is -2.28. The fourth-order valence-corrected chi connectivity index (χ4v) is 1.70. The molecule has 0 atom stereocenters. The molecule has 0 saturated heterocycles. The highest BCUT2D eigenvalue weighted by Crippen LogP contribution is 1.91. The minimum Gasteiger partial charge on any atom is -0.394 e. The summed E-state index contributed by atoms with van der Waals surface area (Å²) in [6, 6.07) is 0. The topological polar surface area (TPSA) is 47.9 Å². The van der Waals surface area contributed by atoms with Crippen LogP contribution in [0.5, 0.6) is 0 Å². The maximum Gasteiger partial charge on any atom is 0.484 e. The minimum absolute atomic E-state index is 0.0175. The van der Waals surface area contributed by atoms with Crippen LogP contribution >= 0.6 is 0 Å². The first kappa shape index (κ1) is 11.1. The van der Waals surface area contributed by atoms with Crippen molar-refractivity contribution in [3.8, 4) is 0 Å². The maximum atomic E-state index is 8.44. The molecule has 68 valence electrons. The van der Waals surface area contributed by atoms with E-state index in [-0.39, 0.29) is 6.61 Å². The van der Waals surface area contributed by atoms with Crippen LogP contribution in [0.1, 0.15) is 13.8 Å². The zero-order valence-corrected chi connectivity index (χ0v) is 8.23. The fraction of sp³-hybridized carbons (Fsp3) is 1.00. The normalized spacial score (nSPS) is 10.9. The van der Waals surface area contributed by atoms with Gasteiger partial charge in [0, 0.05) is 13.2 Å². The molecule has 4 nitrogen and oxygen atoms in total. The Bertz CT molecular complexity index is 75.0. The van der Waals surface area contributed by atoms with Gasteiger partial charge in [0.25, 0.3) is 0 Å². The smallest absolute Gasteiger partial charge is 0.394 e. The first-order chi connectivity index (χ1) is 5.35. The summed E-state index contributed by atoms with van der Waals surface area (Å²) < 4.78 is 15.5. The molecule has 0 aliphatic carbocycles. The van der Waals surface area contributed by atoms with Crippen LogP contribution < -0.4 is 0 Å². The van der Waals surface area contributed by atoms with Gasteiger partial charge in [0.15, 0.2) is 0 Å². The Kier molecular flexibility index (Phi) is 8.20. The van der Waals surface area contributed by atoms with Crippen LogP contribution in [0, 0.1) is 0 Å². The summed E-state index contributed by atoms with van der Waals surface area (Å²) in [4.78, 5) is 0. The lowest BCUT2D eigenvalue weighted by Gasteiger charge is -2.13. The molecule has 0 unspecified atom stereocenters. The average molecular weight is 180 g/mol. The molecule has 0 aromatic heterocycles. The van der Waals surface area contributed by atoms with E-state index >= 15 is 0 Å². The van der Waals surface area contributed by atoms with Gasteiger partial charge in [-0.15, -0.1) is 0 Å². The van der Waals surface area contributed by atoms with E-state index in [0.29, 0.717) is 19.8 Å². The fourth-order valence-electron chi connectivity index (χ4n) is 0.565. The van der Waals surface area contributed by atoms with Crippen LogP contribution in [0.3, 0.4) is 0 Å². The largest absolute Gasteiger partial charge is 0.484 e. The van der Waals surface area contributed by atoms with Crippen molar-refractivity contribution in [2.24, 2.45) is 0 Å². The van der Waals surface area contributed by atoms with Crippen molar-refractivity contribution >= 4 is 9.53 Å². The number of rotatable bonds is 7. The second-order valence-corrected chi connectivity index (χ2v) is 3.37. The molecule has 0 aromatic carbocycles. The summed E-state index contributed by atoms with van der Waals surface area (Å²) in [7, 11) is -1.91. The summed E-state index contributed by atoms with van der Waals surface area (Å²) in [6.45, 7) is 5.30. The van der Waals surface area contributed by atoms with Crippen molar-refractivity contribution in [1.82, 2.24) is 0 Å². The predicted molar refractivity (Wildman–Crippen MR) is 43.4 cm³/mol. The molecule has 0 heterocycles. The third kappa shape index (κ3) is 6.45. The Balaban J connectivity index is 3.34. The van der Waals surface area contributed by atoms with E-state index in [4.69, 9.17) is 18.4 Å². The van der Waals surface area contributed by atoms with Gasteiger partial charge < -0.3 is 18.4 Å². The molecule has 5 heteroatoms. The van der Waals surface area contributed by atoms with Crippen LogP contribution in [0.25, 0.3) is 0 Å². The number of hydrogen-bond acceptors (Lipinski definition) is 4. The Morgan fingerprint density at radius 2 is 1.64 bits per heavy atom. The first-order valence-electron chi connectivity index (χ1n) is 3.80. The third-order valence-electron chi connectivity index (χ3n) is 0.951. The lowest BCUT2D eigenvalue weighted by atomic mass is 10.8. The van der Waals surface area contributed by atoms with Gasteiger partial charge >= 0.3 is 9.53 Å². The zero-order valence-electron chi connectivity index (χ0n) is 7.08. The van der Waals surface area contributed by atoms with Gasteiger partial charge in [0.1, 0.15) is 0 Å². The molecule has 0 aliphatic heterocycles. The third-order valence-corrected chi connectivity index (χ3v) is 2.67. The van der Waals surface area contributed by atoms with Crippen LogP contribution in [0.2, 0.25) is 0 Å². The second kappa shape index (κ2) is 8.16. The second-order valence-electron chi connectivity index (χ2n) is 1.79. The van der Waals surface area contributed by atoms with Gasteiger partial charge in [-0.3, -0.25) is 0 Å². The molecule has 0 saturated carbocycles. The standard InChI is InChI=1S/C6H16O4Si/c1-3-8-11(9-4-2)10-6-5-7/h7,11H,3-6H2,1-2H3. The summed E-state index contributed by atoms with van der Waals surface area (Å²) >= 11 is 0. The van der Waals surface area contributed by atoms with Gasteiger partial charge in [-0.1, -0.05) is 0 Å². The van der Waals surface area contributed by atoms with Crippen LogP contribution in [-0.4, -0.2) is 41.1 Å². The molecular weight excluding hydrogens is 164 g/mol. The van der Waals surface area contributed by atoms with E-state index in [9.17, 15) is 0 Å². The molecule has 11 heavy (non-hydrogen) atoms. The van der Waals surface area contributed by atoms with E-state index in [1.165, 1.54) is 0 Å². The van der Waals surface area contributed by atoms with Gasteiger partial charge in [-0.05, 0) is 13.8 Å². The lowest BCUT2D eigenvalue weighted by molar-refractivity contribution is 0.0843. The maximum absolute atomic E-state index is 8.44. The van der Waals surface area contributed by atoms with Crippen molar-refractivity contribution in [3.05, 3.63) is 0 Å². The Morgan fingerprint density at radius 1 is 1.09 bits per heavy atom. The predicted octanol–water partition coefficient (Wildman–Crippen LogP) is -0.215. The van der Waals surface area contributed by atoms with Crippen LogP contribution in [0.4, 0.5) is 0 Å². The van der Waals surface area contributed by atoms with Crippen molar-refractivity contribution in [2.45, 2.75) is 13.8 Å². The highest BCUT2D eigenvalue weighted by atomic mass is 28.3. The quantitative estimate of drug-likeness (QED) is 0.551. The van der Waals surface area contributed by atoms with E-state index < -0.39 is 9.53 Å². The summed E-state index contributed by atoms with van der Waals surface area (Å²) in [5.41, 5.74) is 0. The highest BCUT2D eigenvalue weighted by Gasteiger charge is 2.12. The molecule has 1 N–H and O–H groups in total. The summed E-state index contributed by atoms with van der Waals surface area (Å²) in [5.74, 6) is 0.